The molecule has 0 atom stereocenters. The number of anilines is 1. The lowest BCUT2D eigenvalue weighted by Gasteiger charge is -2.10. The van der Waals surface area contributed by atoms with Crippen molar-refractivity contribution in [1.82, 2.24) is 9.55 Å². The van der Waals surface area contributed by atoms with Gasteiger partial charge in [-0.2, -0.15) is 0 Å². The predicted octanol–water partition coefficient (Wildman–Crippen LogP) is 4.03. The number of amides is 1. The first-order valence-electron chi connectivity index (χ1n) is 8.86. The number of hydrogen-bond donors (Lipinski definition) is 1. The summed E-state index contributed by atoms with van der Waals surface area (Å²) >= 11 is 2.74. The lowest BCUT2D eigenvalue weighted by molar-refractivity contribution is -0.113. The number of hydrogen-bond acceptors (Lipinski definition) is 6. The number of aromatic nitrogens is 2. The number of thiophene rings is 1. The maximum Gasteiger partial charge on any atom is 0.263 e. The van der Waals surface area contributed by atoms with Gasteiger partial charge in [0.25, 0.3) is 5.56 Å². The van der Waals surface area contributed by atoms with Gasteiger partial charge in [-0.05, 0) is 57.5 Å². The number of aryl methyl sites for hydroxylation is 2. The summed E-state index contributed by atoms with van der Waals surface area (Å²) in [6.07, 6.45) is 0. The van der Waals surface area contributed by atoms with Gasteiger partial charge in [-0.1, -0.05) is 11.8 Å². The molecule has 0 saturated heterocycles. The Bertz CT molecular complexity index is 1110. The first-order valence-corrected chi connectivity index (χ1v) is 10.7. The molecule has 2 heterocycles. The molecule has 0 aliphatic rings. The molecule has 1 N–H and O–H groups in total. The SMILES string of the molecule is CCn1c(SCC(=O)Nc2ccc(C(C)=O)cc2)nc2sc(C)c(C)c2c1=O. The van der Waals surface area contributed by atoms with E-state index >= 15 is 0 Å². The van der Waals surface area contributed by atoms with Crippen LogP contribution in [0.4, 0.5) is 5.69 Å². The average molecular weight is 416 g/mol. The van der Waals surface area contributed by atoms with E-state index in [0.29, 0.717) is 33.2 Å². The zero-order valence-corrected chi connectivity index (χ0v) is 17.8. The number of carbonyl (C=O) groups is 2. The molecule has 3 rings (SSSR count). The van der Waals surface area contributed by atoms with E-state index in [1.807, 2.05) is 20.8 Å². The minimum Gasteiger partial charge on any atom is -0.325 e. The van der Waals surface area contributed by atoms with Crippen LogP contribution in [0.25, 0.3) is 10.2 Å². The summed E-state index contributed by atoms with van der Waals surface area (Å²) < 4.78 is 1.61. The fourth-order valence-electron chi connectivity index (χ4n) is 2.81. The minimum absolute atomic E-state index is 0.0218. The Morgan fingerprint density at radius 2 is 1.89 bits per heavy atom. The highest BCUT2D eigenvalue weighted by Gasteiger charge is 2.17. The molecule has 0 fully saturated rings. The summed E-state index contributed by atoms with van der Waals surface area (Å²) in [5.74, 6) is -0.0851. The highest BCUT2D eigenvalue weighted by molar-refractivity contribution is 7.99. The van der Waals surface area contributed by atoms with Crippen molar-refractivity contribution in [2.45, 2.75) is 39.4 Å². The molecule has 1 amide bonds. The molecule has 1 aromatic carbocycles. The third-order valence-electron chi connectivity index (χ3n) is 4.48. The maximum absolute atomic E-state index is 12.8. The van der Waals surface area contributed by atoms with E-state index < -0.39 is 0 Å². The van der Waals surface area contributed by atoms with Crippen LogP contribution < -0.4 is 10.9 Å². The summed E-state index contributed by atoms with van der Waals surface area (Å²) in [5.41, 5.74) is 2.13. The molecule has 28 heavy (non-hydrogen) atoms. The molecule has 2 aromatic heterocycles. The number of Topliss-reactive ketones (excluding diaryl/α,β-unsaturated/α-hetero) is 1. The third-order valence-corrected chi connectivity index (χ3v) is 6.56. The number of ketones is 1. The summed E-state index contributed by atoms with van der Waals surface area (Å²) in [6.45, 7) is 7.80. The number of nitrogens with zero attached hydrogens (tertiary/aromatic N) is 2. The number of fused-ring (bicyclic) bond motifs is 1. The largest absolute Gasteiger partial charge is 0.325 e. The minimum atomic E-state index is -0.198. The number of benzene rings is 1. The molecule has 0 unspecified atom stereocenters. The Labute approximate surface area is 171 Å². The van der Waals surface area contributed by atoms with Crippen LogP contribution in [0.15, 0.2) is 34.2 Å². The van der Waals surface area contributed by atoms with E-state index in [-0.39, 0.29) is 23.0 Å². The Hall–Kier alpha value is -2.45. The number of carbonyl (C=O) groups excluding carboxylic acids is 2. The van der Waals surface area contributed by atoms with Gasteiger partial charge in [-0.3, -0.25) is 19.0 Å². The highest BCUT2D eigenvalue weighted by atomic mass is 32.2. The van der Waals surface area contributed by atoms with E-state index in [2.05, 4.69) is 10.3 Å². The molecular weight excluding hydrogens is 394 g/mol. The molecule has 0 saturated carbocycles. The van der Waals surface area contributed by atoms with Crippen LogP contribution in [-0.4, -0.2) is 27.0 Å². The van der Waals surface area contributed by atoms with E-state index in [9.17, 15) is 14.4 Å². The lowest BCUT2D eigenvalue weighted by atomic mass is 10.1. The smallest absolute Gasteiger partial charge is 0.263 e. The van der Waals surface area contributed by atoms with Gasteiger partial charge in [0.05, 0.1) is 11.1 Å². The monoisotopic (exact) mass is 415 g/mol. The molecule has 0 aliphatic carbocycles. The summed E-state index contributed by atoms with van der Waals surface area (Å²) in [5, 5.41) is 4.01. The Morgan fingerprint density at radius 1 is 1.21 bits per heavy atom. The lowest BCUT2D eigenvalue weighted by Crippen LogP contribution is -2.23. The molecule has 0 spiro atoms. The number of rotatable bonds is 6. The van der Waals surface area contributed by atoms with Crippen LogP contribution in [0.5, 0.6) is 0 Å². The highest BCUT2D eigenvalue weighted by Crippen LogP contribution is 2.28. The van der Waals surface area contributed by atoms with Crippen molar-refractivity contribution < 1.29 is 9.59 Å². The number of thioether (sulfide) groups is 1. The van der Waals surface area contributed by atoms with Crippen LogP contribution in [0.3, 0.4) is 0 Å². The van der Waals surface area contributed by atoms with Gasteiger partial charge >= 0.3 is 0 Å². The van der Waals surface area contributed by atoms with Gasteiger partial charge in [0.1, 0.15) is 4.83 Å². The van der Waals surface area contributed by atoms with E-state index in [0.717, 1.165) is 10.4 Å². The second-order valence-corrected chi connectivity index (χ2v) is 8.52. The molecule has 6 nitrogen and oxygen atoms in total. The van der Waals surface area contributed by atoms with Gasteiger partial charge in [0.15, 0.2) is 10.9 Å². The van der Waals surface area contributed by atoms with Crippen molar-refractivity contribution in [1.29, 1.82) is 0 Å². The maximum atomic E-state index is 12.8. The van der Waals surface area contributed by atoms with E-state index in [1.54, 1.807) is 28.8 Å². The van der Waals surface area contributed by atoms with Crippen molar-refractivity contribution in [2.24, 2.45) is 0 Å². The molecule has 8 heteroatoms. The molecule has 146 valence electrons. The van der Waals surface area contributed by atoms with Gasteiger partial charge in [0.2, 0.25) is 5.91 Å². The summed E-state index contributed by atoms with van der Waals surface area (Å²) in [6, 6.07) is 6.75. The fourth-order valence-corrected chi connectivity index (χ4v) is 4.75. The van der Waals surface area contributed by atoms with Crippen molar-refractivity contribution >= 4 is 50.7 Å². The van der Waals surface area contributed by atoms with Crippen LogP contribution in [0.1, 0.15) is 34.6 Å². The zero-order chi connectivity index (χ0) is 20.4. The first-order chi connectivity index (χ1) is 13.3. The Balaban J connectivity index is 1.76. The van der Waals surface area contributed by atoms with Gasteiger partial charge in [0, 0.05) is 22.7 Å². The standard InChI is InChI=1S/C20H21N3O3S2/c1-5-23-19(26)17-11(2)13(4)28-18(17)22-20(23)27-10-16(25)21-15-8-6-14(7-9-15)12(3)24/h6-9H,5,10H2,1-4H3,(H,21,25). The van der Waals surface area contributed by atoms with Crippen LogP contribution >= 0.6 is 23.1 Å². The van der Waals surface area contributed by atoms with Crippen molar-refractivity contribution in [3.05, 3.63) is 50.6 Å². The van der Waals surface area contributed by atoms with Gasteiger partial charge in [-0.15, -0.1) is 11.3 Å². The van der Waals surface area contributed by atoms with Gasteiger partial charge in [-0.25, -0.2) is 4.98 Å². The average Bonchev–Trinajstić information content (AvgIpc) is 2.94. The van der Waals surface area contributed by atoms with Crippen molar-refractivity contribution in [2.75, 3.05) is 11.1 Å². The Morgan fingerprint density at radius 3 is 2.50 bits per heavy atom. The second-order valence-electron chi connectivity index (χ2n) is 6.38. The zero-order valence-electron chi connectivity index (χ0n) is 16.2. The fraction of sp³-hybridized carbons (Fsp3) is 0.300. The third kappa shape index (κ3) is 4.02. The normalized spacial score (nSPS) is 11.0. The van der Waals surface area contributed by atoms with E-state index in [1.165, 1.54) is 30.0 Å². The second kappa shape index (κ2) is 8.28. The summed E-state index contributed by atoms with van der Waals surface area (Å²) in [4.78, 5) is 42.9. The van der Waals surface area contributed by atoms with E-state index in [4.69, 9.17) is 0 Å². The van der Waals surface area contributed by atoms with Crippen LogP contribution in [-0.2, 0) is 11.3 Å². The molecule has 0 radical (unpaired) electrons. The molecule has 0 aliphatic heterocycles. The quantitative estimate of drug-likeness (QED) is 0.373. The van der Waals surface area contributed by atoms with Crippen LogP contribution in [0, 0.1) is 13.8 Å². The van der Waals surface area contributed by atoms with Crippen molar-refractivity contribution in [3.63, 3.8) is 0 Å². The predicted molar refractivity (Wildman–Crippen MR) is 115 cm³/mol. The Kier molecular flexibility index (Phi) is 6.00. The van der Waals surface area contributed by atoms with Crippen LogP contribution in [0.2, 0.25) is 0 Å². The first kappa shape index (κ1) is 20.3. The topological polar surface area (TPSA) is 81.1 Å². The summed E-state index contributed by atoms with van der Waals surface area (Å²) in [7, 11) is 0. The molecular formula is C20H21N3O3S2. The van der Waals surface area contributed by atoms with Crippen molar-refractivity contribution in [3.8, 4) is 0 Å². The molecule has 3 aromatic rings. The molecule has 0 bridgehead atoms. The number of nitrogens with one attached hydrogen (secondary N) is 1. The van der Waals surface area contributed by atoms with Gasteiger partial charge < -0.3 is 5.32 Å².